The van der Waals surface area contributed by atoms with Crippen molar-refractivity contribution in [2.45, 2.75) is 53.1 Å². The van der Waals surface area contributed by atoms with Gasteiger partial charge in [-0.1, -0.05) is 0 Å². The monoisotopic (exact) mass is 361 g/mol. The van der Waals surface area contributed by atoms with Crippen molar-refractivity contribution in [2.75, 3.05) is 44.2 Å². The molecule has 0 radical (unpaired) electrons. The van der Waals surface area contributed by atoms with Crippen molar-refractivity contribution in [3.8, 4) is 0 Å². The number of nitrogens with zero attached hydrogens (tertiary/aromatic N) is 4. The second-order valence-electron chi connectivity index (χ2n) is 8.46. The number of piperazine rings is 1. The molecule has 0 spiro atoms. The summed E-state index contributed by atoms with van der Waals surface area (Å²) in [5.41, 5.74) is 2.01. The highest BCUT2D eigenvalue weighted by Crippen LogP contribution is 2.27. The van der Waals surface area contributed by atoms with Gasteiger partial charge in [-0.2, -0.15) is 0 Å². The van der Waals surface area contributed by atoms with E-state index in [2.05, 4.69) is 22.1 Å². The molecule has 1 saturated heterocycles. The van der Waals surface area contributed by atoms with Crippen LogP contribution in [0.3, 0.4) is 0 Å². The normalized spacial score (nSPS) is 18.7. The molecule has 7 heteroatoms. The number of aryl methyl sites for hydroxylation is 1. The first-order valence-corrected chi connectivity index (χ1v) is 9.79. The predicted octanol–water partition coefficient (Wildman–Crippen LogP) is 0.376. The van der Waals surface area contributed by atoms with Crippen LogP contribution < -0.4 is 15.1 Å². The zero-order chi connectivity index (χ0) is 18.9. The van der Waals surface area contributed by atoms with Crippen LogP contribution in [0.25, 0.3) is 0 Å². The van der Waals surface area contributed by atoms with E-state index in [1.807, 2.05) is 32.6 Å². The number of rotatable bonds is 2. The summed E-state index contributed by atoms with van der Waals surface area (Å²) in [4.78, 5) is 28.0. The lowest BCUT2D eigenvalue weighted by atomic mass is 10.0. The Balaban J connectivity index is 1.81. The van der Waals surface area contributed by atoms with Gasteiger partial charge in [0.1, 0.15) is 11.6 Å². The fourth-order valence-electron chi connectivity index (χ4n) is 3.74. The van der Waals surface area contributed by atoms with Gasteiger partial charge in [-0.3, -0.25) is 0 Å². The van der Waals surface area contributed by atoms with Crippen molar-refractivity contribution < 1.29 is 9.69 Å². The number of amides is 2. The number of anilines is 1. The summed E-state index contributed by atoms with van der Waals surface area (Å²) >= 11 is 0. The van der Waals surface area contributed by atoms with Gasteiger partial charge in [-0.05, 0) is 34.6 Å². The second kappa shape index (κ2) is 7.39. The fraction of sp³-hybridized carbons (Fsp3) is 0.737. The topological polar surface area (TPSA) is 65.8 Å². The van der Waals surface area contributed by atoms with Gasteiger partial charge < -0.3 is 20.0 Å². The molecule has 1 aromatic heterocycles. The number of hydrogen-bond acceptors (Lipinski definition) is 4. The first-order valence-electron chi connectivity index (χ1n) is 9.79. The zero-order valence-corrected chi connectivity index (χ0v) is 16.9. The van der Waals surface area contributed by atoms with Gasteiger partial charge in [0, 0.05) is 24.1 Å². The Labute approximate surface area is 156 Å². The van der Waals surface area contributed by atoms with Crippen molar-refractivity contribution in [3.63, 3.8) is 0 Å². The molecule has 144 valence electrons. The number of nitrogens with one attached hydrogen (secondary N) is 2. The van der Waals surface area contributed by atoms with E-state index in [-0.39, 0.29) is 11.6 Å². The standard InChI is InChI=1S/C19H32N6O/c1-6-23-9-11-24(12-10-23)17-15-13-25(18(26)22-19(3,4)5)8-7-16(15)20-14(2)21-17/h6-13H2,1-5H3,(H,22,26)/p+1. The Morgan fingerprint density at radius 1 is 1.19 bits per heavy atom. The van der Waals surface area contributed by atoms with Crippen LogP contribution >= 0.6 is 0 Å². The number of hydrogen-bond donors (Lipinski definition) is 2. The average molecular weight is 362 g/mol. The Hall–Kier alpha value is -1.89. The molecule has 2 aliphatic heterocycles. The number of carbonyl (C=O) groups is 1. The lowest BCUT2D eigenvalue weighted by Gasteiger charge is -2.36. The molecule has 3 heterocycles. The highest BCUT2D eigenvalue weighted by Gasteiger charge is 2.30. The van der Waals surface area contributed by atoms with E-state index in [0.29, 0.717) is 13.1 Å². The Morgan fingerprint density at radius 2 is 1.88 bits per heavy atom. The number of urea groups is 1. The van der Waals surface area contributed by atoms with Gasteiger partial charge in [0.25, 0.3) is 0 Å². The molecule has 3 rings (SSSR count). The summed E-state index contributed by atoms with van der Waals surface area (Å²) in [6.07, 6.45) is 0.795. The van der Waals surface area contributed by atoms with Crippen molar-refractivity contribution in [1.82, 2.24) is 20.2 Å². The van der Waals surface area contributed by atoms with Gasteiger partial charge >= 0.3 is 6.03 Å². The summed E-state index contributed by atoms with van der Waals surface area (Å²) in [6, 6.07) is -0.00470. The highest BCUT2D eigenvalue weighted by atomic mass is 16.2. The van der Waals surface area contributed by atoms with Gasteiger partial charge in [-0.25, -0.2) is 14.8 Å². The molecular weight excluding hydrogens is 328 g/mol. The summed E-state index contributed by atoms with van der Waals surface area (Å²) in [5, 5.41) is 3.07. The third-order valence-electron chi connectivity index (χ3n) is 5.19. The van der Waals surface area contributed by atoms with Crippen molar-refractivity contribution >= 4 is 11.8 Å². The number of aromatic nitrogens is 2. The molecular formula is C19H33N6O+. The molecule has 0 aliphatic carbocycles. The highest BCUT2D eigenvalue weighted by molar-refractivity contribution is 5.75. The minimum Gasteiger partial charge on any atom is -0.345 e. The van der Waals surface area contributed by atoms with Crippen LogP contribution in [0.5, 0.6) is 0 Å². The molecule has 2 N–H and O–H groups in total. The number of fused-ring (bicyclic) bond motifs is 1. The minimum atomic E-state index is -0.233. The van der Waals surface area contributed by atoms with Crippen LogP contribution in [0.1, 0.15) is 44.8 Å². The molecule has 1 fully saturated rings. The maximum absolute atomic E-state index is 12.6. The van der Waals surface area contributed by atoms with Gasteiger partial charge in [0.2, 0.25) is 0 Å². The van der Waals surface area contributed by atoms with E-state index in [0.717, 1.165) is 55.5 Å². The molecule has 7 nitrogen and oxygen atoms in total. The van der Waals surface area contributed by atoms with E-state index in [1.165, 1.54) is 6.54 Å². The van der Waals surface area contributed by atoms with E-state index < -0.39 is 0 Å². The molecule has 0 saturated carbocycles. The van der Waals surface area contributed by atoms with Crippen LogP contribution in [0, 0.1) is 6.92 Å². The van der Waals surface area contributed by atoms with E-state index in [4.69, 9.17) is 4.98 Å². The predicted molar refractivity (Wildman–Crippen MR) is 103 cm³/mol. The quantitative estimate of drug-likeness (QED) is 0.799. The maximum Gasteiger partial charge on any atom is 0.318 e. The fourth-order valence-corrected chi connectivity index (χ4v) is 3.74. The van der Waals surface area contributed by atoms with Crippen LogP contribution in [-0.2, 0) is 13.0 Å². The Morgan fingerprint density at radius 3 is 2.50 bits per heavy atom. The Bertz CT molecular complexity index is 661. The molecule has 2 aliphatic rings. The smallest absolute Gasteiger partial charge is 0.318 e. The number of quaternary nitrogens is 1. The summed E-state index contributed by atoms with van der Waals surface area (Å²) in [7, 11) is 0. The number of likely N-dealkylation sites (N-methyl/N-ethyl adjacent to an activating group) is 1. The van der Waals surface area contributed by atoms with E-state index in [9.17, 15) is 4.79 Å². The summed E-state index contributed by atoms with van der Waals surface area (Å²) in [5.74, 6) is 1.87. The van der Waals surface area contributed by atoms with Crippen molar-refractivity contribution in [1.29, 1.82) is 0 Å². The van der Waals surface area contributed by atoms with Crippen LogP contribution in [0.4, 0.5) is 10.6 Å². The molecule has 2 amide bonds. The summed E-state index contributed by atoms with van der Waals surface area (Å²) < 4.78 is 0. The minimum absolute atomic E-state index is 0.00470. The second-order valence-corrected chi connectivity index (χ2v) is 8.46. The third-order valence-corrected chi connectivity index (χ3v) is 5.19. The first-order chi connectivity index (χ1) is 12.3. The molecule has 0 atom stereocenters. The van der Waals surface area contributed by atoms with Crippen LogP contribution in [-0.4, -0.2) is 65.7 Å². The molecule has 0 unspecified atom stereocenters. The van der Waals surface area contributed by atoms with Gasteiger partial charge in [-0.15, -0.1) is 0 Å². The van der Waals surface area contributed by atoms with Gasteiger partial charge in [0.05, 0.1) is 45.0 Å². The zero-order valence-electron chi connectivity index (χ0n) is 16.9. The SMILES string of the molecule is CC[NH+]1CCN(c2nc(C)nc3c2CN(C(=O)NC(C)(C)C)CC3)CC1. The lowest BCUT2D eigenvalue weighted by molar-refractivity contribution is -0.898. The largest absolute Gasteiger partial charge is 0.345 e. The lowest BCUT2D eigenvalue weighted by Crippen LogP contribution is -3.14. The summed E-state index contributed by atoms with van der Waals surface area (Å²) in [6.45, 7) is 17.0. The van der Waals surface area contributed by atoms with Gasteiger partial charge in [0.15, 0.2) is 0 Å². The van der Waals surface area contributed by atoms with Crippen molar-refractivity contribution in [2.24, 2.45) is 0 Å². The number of carbonyl (C=O) groups excluding carboxylic acids is 1. The van der Waals surface area contributed by atoms with E-state index in [1.54, 1.807) is 4.90 Å². The third kappa shape index (κ3) is 4.26. The maximum atomic E-state index is 12.6. The van der Waals surface area contributed by atoms with Crippen molar-refractivity contribution in [3.05, 3.63) is 17.1 Å². The first kappa shape index (κ1) is 18.9. The molecule has 26 heavy (non-hydrogen) atoms. The average Bonchev–Trinajstić information content (AvgIpc) is 2.59. The Kier molecular flexibility index (Phi) is 5.37. The van der Waals surface area contributed by atoms with Crippen LogP contribution in [0.15, 0.2) is 0 Å². The molecule has 0 bridgehead atoms. The molecule has 0 aromatic carbocycles. The van der Waals surface area contributed by atoms with E-state index >= 15 is 0 Å². The van der Waals surface area contributed by atoms with Crippen LogP contribution in [0.2, 0.25) is 0 Å². The molecule has 1 aromatic rings.